The molecule has 8 nitrogen and oxygen atoms in total. The van der Waals surface area contributed by atoms with E-state index in [1.54, 1.807) is 0 Å². The van der Waals surface area contributed by atoms with Gasteiger partial charge >= 0.3 is 12.2 Å². The van der Waals surface area contributed by atoms with Gasteiger partial charge in [0, 0.05) is 13.1 Å². The second kappa shape index (κ2) is 23.7. The number of hydrogen-bond donors (Lipinski definition) is 2. The molecule has 0 heterocycles. The molecule has 0 bridgehead atoms. The number of hydrogen-bond acceptors (Lipinski definition) is 6. The van der Waals surface area contributed by atoms with Crippen molar-refractivity contribution >= 4 is 12.2 Å². The largest absolute Gasteiger partial charge is 0.502 e. The van der Waals surface area contributed by atoms with Crippen LogP contribution in [0.15, 0.2) is 25.7 Å². The van der Waals surface area contributed by atoms with E-state index < -0.39 is 0 Å². The van der Waals surface area contributed by atoms with Crippen LogP contribution in [0.25, 0.3) is 0 Å². The van der Waals surface area contributed by atoms with Gasteiger partial charge in [0.15, 0.2) is 0 Å². The smallest absolute Gasteiger partial charge is 0.407 e. The lowest BCUT2D eigenvalue weighted by molar-refractivity contribution is 0.138. The first-order valence-corrected chi connectivity index (χ1v) is 9.97. The molecule has 0 rings (SSSR count). The second-order valence-electron chi connectivity index (χ2n) is 6.03. The van der Waals surface area contributed by atoms with Crippen molar-refractivity contribution in [2.45, 2.75) is 58.8 Å². The molecule has 2 N–H and O–H groups in total. The normalized spacial score (nSPS) is 9.52. The first-order chi connectivity index (χ1) is 13.7. The highest BCUT2D eigenvalue weighted by Crippen LogP contribution is 1.99. The van der Waals surface area contributed by atoms with Crippen LogP contribution in [0, 0.1) is 0 Å². The van der Waals surface area contributed by atoms with Gasteiger partial charge in [-0.15, -0.1) is 0 Å². The molecule has 0 aliphatic carbocycles. The molecule has 0 aromatic carbocycles. The van der Waals surface area contributed by atoms with Crippen LogP contribution in [0.5, 0.6) is 0 Å². The molecule has 170 valence electrons. The quantitative estimate of drug-likeness (QED) is 0.237. The number of ether oxygens (including phenoxy) is 4. The van der Waals surface area contributed by atoms with Crippen LogP contribution >= 0.6 is 0 Å². The fraction of sp³-hybridized carbons (Fsp3) is 0.714. The van der Waals surface area contributed by atoms with Crippen molar-refractivity contribution in [3.8, 4) is 0 Å². The van der Waals surface area contributed by atoms with Crippen molar-refractivity contribution in [1.82, 2.24) is 10.6 Å². The summed E-state index contributed by atoms with van der Waals surface area (Å²) in [5, 5.41) is 5.45. The molecule has 0 aliphatic heterocycles. The summed E-state index contributed by atoms with van der Waals surface area (Å²) in [5.41, 5.74) is 0. The van der Waals surface area contributed by atoms with Crippen LogP contribution in [0.2, 0.25) is 0 Å². The van der Waals surface area contributed by atoms with Crippen LogP contribution in [0.1, 0.15) is 58.8 Å². The average Bonchev–Trinajstić information content (AvgIpc) is 2.69. The van der Waals surface area contributed by atoms with Crippen molar-refractivity contribution in [3.63, 3.8) is 0 Å². The number of carbonyl (C=O) groups excluding carboxylic acids is 2. The predicted molar refractivity (Wildman–Crippen MR) is 115 cm³/mol. The zero-order valence-electron chi connectivity index (χ0n) is 16.9. The number of rotatable bonds is 19. The van der Waals surface area contributed by atoms with Gasteiger partial charge in [0.05, 0.1) is 39.0 Å². The summed E-state index contributed by atoms with van der Waals surface area (Å²) >= 11 is 0. The van der Waals surface area contributed by atoms with Crippen molar-refractivity contribution in [2.75, 3.05) is 39.5 Å². The van der Waals surface area contributed by atoms with E-state index in [9.17, 15) is 9.59 Å². The number of amides is 2. The molecule has 0 aromatic heterocycles. The van der Waals surface area contributed by atoms with E-state index in [-0.39, 0.29) is 19.6 Å². The summed E-state index contributed by atoms with van der Waals surface area (Å²) in [5.74, 6) is 0. The van der Waals surface area contributed by atoms with Crippen LogP contribution in [-0.4, -0.2) is 51.7 Å². The minimum absolute atomic E-state index is 0. The zero-order chi connectivity index (χ0) is 20.7. The zero-order valence-corrected chi connectivity index (χ0v) is 16.9. The van der Waals surface area contributed by atoms with Gasteiger partial charge in [0.2, 0.25) is 0 Å². The van der Waals surface area contributed by atoms with Crippen molar-refractivity contribution in [1.29, 1.82) is 0 Å². The maximum absolute atomic E-state index is 11.4. The Kier molecular flexibility index (Phi) is 23.5. The SMILES string of the molecule is C.C=COCCCCOC(=O)NCCCCCCNC(=O)OCCCCOC=C. The fourth-order valence-corrected chi connectivity index (χ4v) is 2.16. The van der Waals surface area contributed by atoms with Crippen LogP contribution in [0.4, 0.5) is 9.59 Å². The first-order valence-electron chi connectivity index (χ1n) is 9.97. The summed E-state index contributed by atoms with van der Waals surface area (Å²) in [6.45, 7) is 10.0. The van der Waals surface area contributed by atoms with Crippen LogP contribution < -0.4 is 10.6 Å². The van der Waals surface area contributed by atoms with Crippen molar-refractivity contribution < 1.29 is 28.5 Å². The Hall–Kier alpha value is -2.38. The Bertz CT molecular complexity index is 380. The molecule has 29 heavy (non-hydrogen) atoms. The Morgan fingerprint density at radius 3 is 1.38 bits per heavy atom. The molecule has 0 saturated carbocycles. The van der Waals surface area contributed by atoms with E-state index >= 15 is 0 Å². The van der Waals surface area contributed by atoms with Gasteiger partial charge < -0.3 is 29.6 Å². The standard InChI is InChI=1S/C20H36N2O6.CH4/c1-3-25-15-9-11-17-27-19(23)21-13-7-5-6-8-14-22-20(24)28-18-12-10-16-26-4-2;/h3-4H,1-2,5-18H2,(H,21,23)(H,22,24);1H4. The minimum atomic E-state index is -0.384. The maximum atomic E-state index is 11.4. The molecule has 0 radical (unpaired) electrons. The molecule has 0 fully saturated rings. The third kappa shape index (κ3) is 23.6. The van der Waals surface area contributed by atoms with Crippen molar-refractivity contribution in [3.05, 3.63) is 25.7 Å². The van der Waals surface area contributed by atoms with Gasteiger partial charge in [0.1, 0.15) is 0 Å². The molecular formula is C21H40N2O6. The predicted octanol–water partition coefficient (Wildman–Crippen LogP) is 4.52. The van der Waals surface area contributed by atoms with Gasteiger partial charge in [0.25, 0.3) is 0 Å². The van der Waals surface area contributed by atoms with Gasteiger partial charge in [-0.2, -0.15) is 0 Å². The summed E-state index contributed by atoms with van der Waals surface area (Å²) in [6, 6.07) is 0. The number of unbranched alkanes of at least 4 members (excludes halogenated alkanes) is 5. The van der Waals surface area contributed by atoms with E-state index in [0.29, 0.717) is 39.5 Å². The van der Waals surface area contributed by atoms with E-state index in [4.69, 9.17) is 18.9 Å². The van der Waals surface area contributed by atoms with E-state index in [1.165, 1.54) is 12.5 Å². The molecule has 0 spiro atoms. The van der Waals surface area contributed by atoms with Crippen LogP contribution in [-0.2, 0) is 18.9 Å². The summed E-state index contributed by atoms with van der Waals surface area (Å²) < 4.78 is 20.1. The second-order valence-corrected chi connectivity index (χ2v) is 6.03. The van der Waals surface area contributed by atoms with Crippen molar-refractivity contribution in [2.24, 2.45) is 0 Å². The molecule has 8 heteroatoms. The number of alkyl carbamates (subject to hydrolysis) is 2. The molecule has 0 aromatic rings. The van der Waals surface area contributed by atoms with Crippen LogP contribution in [0.3, 0.4) is 0 Å². The lowest BCUT2D eigenvalue weighted by Crippen LogP contribution is -2.26. The van der Waals surface area contributed by atoms with E-state index in [2.05, 4.69) is 23.8 Å². The van der Waals surface area contributed by atoms with Gasteiger partial charge in [-0.3, -0.25) is 0 Å². The van der Waals surface area contributed by atoms with E-state index in [0.717, 1.165) is 51.4 Å². The summed E-state index contributed by atoms with van der Waals surface area (Å²) in [4.78, 5) is 22.9. The highest BCUT2D eigenvalue weighted by atomic mass is 16.6. The van der Waals surface area contributed by atoms with Gasteiger partial charge in [-0.25, -0.2) is 9.59 Å². The fourth-order valence-electron chi connectivity index (χ4n) is 2.16. The minimum Gasteiger partial charge on any atom is -0.502 e. The van der Waals surface area contributed by atoms with Gasteiger partial charge in [-0.05, 0) is 38.5 Å². The van der Waals surface area contributed by atoms with Gasteiger partial charge in [-0.1, -0.05) is 33.4 Å². The topological polar surface area (TPSA) is 95.1 Å². The molecule has 0 saturated heterocycles. The lowest BCUT2D eigenvalue weighted by atomic mass is 10.2. The Morgan fingerprint density at radius 2 is 1.00 bits per heavy atom. The number of carbonyl (C=O) groups is 2. The Balaban J connectivity index is 0. The summed E-state index contributed by atoms with van der Waals surface area (Å²) in [6.07, 6.45) is 8.91. The Labute approximate surface area is 176 Å². The molecule has 0 unspecified atom stereocenters. The molecular weight excluding hydrogens is 376 g/mol. The first kappa shape index (κ1) is 28.8. The molecule has 0 atom stereocenters. The highest BCUT2D eigenvalue weighted by Gasteiger charge is 2.02. The molecule has 0 aliphatic rings. The highest BCUT2D eigenvalue weighted by molar-refractivity contribution is 5.67. The summed E-state index contributed by atoms with van der Waals surface area (Å²) in [7, 11) is 0. The Morgan fingerprint density at radius 1 is 0.621 bits per heavy atom. The molecule has 2 amide bonds. The number of nitrogens with one attached hydrogen (secondary N) is 2. The average molecular weight is 417 g/mol. The third-order valence-electron chi connectivity index (χ3n) is 3.66. The lowest BCUT2D eigenvalue weighted by Gasteiger charge is -2.08. The maximum Gasteiger partial charge on any atom is 0.407 e. The monoisotopic (exact) mass is 416 g/mol. The third-order valence-corrected chi connectivity index (χ3v) is 3.66. The van der Waals surface area contributed by atoms with E-state index in [1.807, 2.05) is 0 Å².